The van der Waals surface area contributed by atoms with Gasteiger partial charge in [-0.1, -0.05) is 72.3 Å². The van der Waals surface area contributed by atoms with Gasteiger partial charge < -0.3 is 9.64 Å². The molecule has 0 bridgehead atoms. The summed E-state index contributed by atoms with van der Waals surface area (Å²) in [6.45, 7) is 6.33. The van der Waals surface area contributed by atoms with Crippen molar-refractivity contribution in [1.82, 2.24) is 4.90 Å². The molecule has 0 aromatic heterocycles. The zero-order valence-corrected chi connectivity index (χ0v) is 19.4. The van der Waals surface area contributed by atoms with Gasteiger partial charge in [0.25, 0.3) is 11.8 Å². The third kappa shape index (κ3) is 4.53. The number of carbonyl (C=O) groups is 2. The van der Waals surface area contributed by atoms with Crippen molar-refractivity contribution >= 4 is 23.1 Å². The minimum atomic E-state index is -0.353. The summed E-state index contributed by atoms with van der Waals surface area (Å²) in [6, 6.07) is 24.8. The standard InChI is InChI=1S/C28H28N2O3/c1-19(2)33-24-13-9-8-12-23(24)30-27(31)25(22-16-14-20(3)15-17-22)26(28(30)32)29(4)18-21-10-6-5-7-11-21/h5-17,19H,18H2,1-4H3. The summed E-state index contributed by atoms with van der Waals surface area (Å²) < 4.78 is 5.92. The molecule has 33 heavy (non-hydrogen) atoms. The number of carbonyl (C=O) groups excluding carboxylic acids is 2. The molecule has 0 fully saturated rings. The Morgan fingerprint density at radius 3 is 2.15 bits per heavy atom. The van der Waals surface area contributed by atoms with E-state index in [1.54, 1.807) is 18.2 Å². The summed E-state index contributed by atoms with van der Waals surface area (Å²) in [5, 5.41) is 0. The first kappa shape index (κ1) is 22.3. The molecule has 168 valence electrons. The van der Waals surface area contributed by atoms with Crippen LogP contribution in [0.15, 0.2) is 84.6 Å². The summed E-state index contributed by atoms with van der Waals surface area (Å²) in [6.07, 6.45) is -0.0938. The van der Waals surface area contributed by atoms with Crippen LogP contribution in [0.5, 0.6) is 5.75 Å². The Labute approximate surface area is 194 Å². The molecule has 0 radical (unpaired) electrons. The lowest BCUT2D eigenvalue weighted by atomic mass is 10.0. The van der Waals surface area contributed by atoms with Crippen LogP contribution in [0.1, 0.15) is 30.5 Å². The highest BCUT2D eigenvalue weighted by Crippen LogP contribution is 2.39. The molecule has 5 heteroatoms. The molecule has 0 saturated heterocycles. The maximum atomic E-state index is 13.8. The summed E-state index contributed by atoms with van der Waals surface area (Å²) in [5.74, 6) is -0.197. The molecule has 0 saturated carbocycles. The van der Waals surface area contributed by atoms with Gasteiger partial charge in [-0.3, -0.25) is 9.59 Å². The van der Waals surface area contributed by atoms with E-state index in [0.717, 1.165) is 16.7 Å². The van der Waals surface area contributed by atoms with Gasteiger partial charge in [-0.25, -0.2) is 4.90 Å². The molecule has 5 nitrogen and oxygen atoms in total. The molecule has 0 N–H and O–H groups in total. The Morgan fingerprint density at radius 2 is 1.48 bits per heavy atom. The van der Waals surface area contributed by atoms with Crippen LogP contribution in [-0.4, -0.2) is 29.9 Å². The Bertz CT molecular complexity index is 1200. The topological polar surface area (TPSA) is 49.9 Å². The van der Waals surface area contributed by atoms with Crippen LogP contribution in [0.2, 0.25) is 0 Å². The van der Waals surface area contributed by atoms with Crippen LogP contribution in [0.4, 0.5) is 5.69 Å². The number of amides is 2. The number of nitrogens with zero attached hydrogens (tertiary/aromatic N) is 2. The fraction of sp³-hybridized carbons (Fsp3) is 0.214. The van der Waals surface area contributed by atoms with E-state index in [1.807, 2.05) is 93.4 Å². The predicted octanol–water partition coefficient (Wildman–Crippen LogP) is 5.20. The van der Waals surface area contributed by atoms with E-state index in [0.29, 0.717) is 29.3 Å². The van der Waals surface area contributed by atoms with Crippen molar-refractivity contribution in [2.45, 2.75) is 33.4 Å². The van der Waals surface area contributed by atoms with E-state index < -0.39 is 0 Å². The number of rotatable bonds is 7. The molecule has 4 rings (SSSR count). The summed E-state index contributed by atoms with van der Waals surface area (Å²) in [7, 11) is 1.85. The van der Waals surface area contributed by atoms with Gasteiger partial charge in [-0.15, -0.1) is 0 Å². The Balaban J connectivity index is 1.81. The Kier molecular flexibility index (Phi) is 6.31. The van der Waals surface area contributed by atoms with E-state index in [2.05, 4.69) is 0 Å². The van der Waals surface area contributed by atoms with Gasteiger partial charge in [0, 0.05) is 13.6 Å². The first-order chi connectivity index (χ1) is 15.9. The van der Waals surface area contributed by atoms with Gasteiger partial charge in [-0.05, 0) is 44.0 Å². The maximum Gasteiger partial charge on any atom is 0.282 e. The molecule has 0 aliphatic carbocycles. The molecule has 1 heterocycles. The second-order valence-electron chi connectivity index (χ2n) is 8.51. The van der Waals surface area contributed by atoms with Gasteiger partial charge in [-0.2, -0.15) is 0 Å². The third-order valence-corrected chi connectivity index (χ3v) is 5.51. The van der Waals surface area contributed by atoms with Crippen molar-refractivity contribution in [3.63, 3.8) is 0 Å². The lowest BCUT2D eigenvalue weighted by molar-refractivity contribution is -0.120. The molecule has 1 aliphatic rings. The number of benzene rings is 3. The number of para-hydroxylation sites is 2. The molecule has 2 amide bonds. The molecule has 0 unspecified atom stereocenters. The number of imide groups is 1. The number of hydrogen-bond acceptors (Lipinski definition) is 4. The van der Waals surface area contributed by atoms with Crippen molar-refractivity contribution in [3.8, 4) is 5.75 Å². The molecule has 0 spiro atoms. The third-order valence-electron chi connectivity index (χ3n) is 5.51. The van der Waals surface area contributed by atoms with Crippen molar-refractivity contribution in [2.24, 2.45) is 0 Å². The second kappa shape index (κ2) is 9.33. The molecular weight excluding hydrogens is 412 g/mol. The highest BCUT2D eigenvalue weighted by Gasteiger charge is 2.42. The van der Waals surface area contributed by atoms with Gasteiger partial charge in [0.15, 0.2) is 0 Å². The average molecular weight is 441 g/mol. The van der Waals surface area contributed by atoms with Crippen LogP contribution >= 0.6 is 0 Å². The van der Waals surface area contributed by atoms with Crippen LogP contribution < -0.4 is 9.64 Å². The lowest BCUT2D eigenvalue weighted by Gasteiger charge is -2.23. The molecular formula is C28H28N2O3. The minimum absolute atomic E-state index is 0.0938. The fourth-order valence-corrected chi connectivity index (χ4v) is 4.00. The summed E-state index contributed by atoms with van der Waals surface area (Å²) >= 11 is 0. The Hall–Kier alpha value is -3.86. The van der Waals surface area contributed by atoms with E-state index in [4.69, 9.17) is 4.74 Å². The highest BCUT2D eigenvalue weighted by atomic mass is 16.5. The van der Waals surface area contributed by atoms with Crippen LogP contribution in [-0.2, 0) is 16.1 Å². The monoisotopic (exact) mass is 440 g/mol. The van der Waals surface area contributed by atoms with E-state index in [-0.39, 0.29) is 17.9 Å². The van der Waals surface area contributed by atoms with Crippen molar-refractivity contribution in [1.29, 1.82) is 0 Å². The van der Waals surface area contributed by atoms with Gasteiger partial charge in [0.1, 0.15) is 11.4 Å². The quantitative estimate of drug-likeness (QED) is 0.474. The SMILES string of the molecule is Cc1ccc(C2=C(N(C)Cc3ccccc3)C(=O)N(c3ccccc3OC(C)C)C2=O)cc1. The van der Waals surface area contributed by atoms with Gasteiger partial charge >= 0.3 is 0 Å². The van der Waals surface area contributed by atoms with Crippen LogP contribution in [0.25, 0.3) is 5.57 Å². The fourth-order valence-electron chi connectivity index (χ4n) is 4.00. The van der Waals surface area contributed by atoms with Crippen molar-refractivity contribution < 1.29 is 14.3 Å². The lowest BCUT2D eigenvalue weighted by Crippen LogP contribution is -2.34. The minimum Gasteiger partial charge on any atom is -0.489 e. The normalized spacial score (nSPS) is 13.8. The number of hydrogen-bond donors (Lipinski definition) is 0. The van der Waals surface area contributed by atoms with Crippen LogP contribution in [0, 0.1) is 6.92 Å². The second-order valence-corrected chi connectivity index (χ2v) is 8.51. The van der Waals surface area contributed by atoms with Gasteiger partial charge in [0.05, 0.1) is 17.4 Å². The Morgan fingerprint density at radius 1 is 0.848 bits per heavy atom. The zero-order valence-electron chi connectivity index (χ0n) is 19.4. The predicted molar refractivity (Wildman–Crippen MR) is 131 cm³/mol. The maximum absolute atomic E-state index is 13.8. The molecule has 1 aliphatic heterocycles. The first-order valence-electron chi connectivity index (χ1n) is 11.1. The summed E-state index contributed by atoms with van der Waals surface area (Å²) in [4.78, 5) is 30.7. The largest absolute Gasteiger partial charge is 0.489 e. The number of likely N-dealkylation sites (N-methyl/N-ethyl adjacent to an activating group) is 1. The van der Waals surface area contributed by atoms with Crippen LogP contribution in [0.3, 0.4) is 0 Å². The van der Waals surface area contributed by atoms with E-state index in [1.165, 1.54) is 4.90 Å². The summed E-state index contributed by atoms with van der Waals surface area (Å²) in [5.41, 5.74) is 4.10. The number of anilines is 1. The number of ether oxygens (including phenoxy) is 1. The zero-order chi connectivity index (χ0) is 23.5. The van der Waals surface area contributed by atoms with Crippen molar-refractivity contribution in [3.05, 3.63) is 101 Å². The van der Waals surface area contributed by atoms with Crippen molar-refractivity contribution in [2.75, 3.05) is 11.9 Å². The van der Waals surface area contributed by atoms with Gasteiger partial charge in [0.2, 0.25) is 0 Å². The first-order valence-corrected chi connectivity index (χ1v) is 11.1. The number of aryl methyl sites for hydroxylation is 1. The highest BCUT2D eigenvalue weighted by molar-refractivity contribution is 6.45. The smallest absolute Gasteiger partial charge is 0.282 e. The molecule has 3 aromatic rings. The van der Waals surface area contributed by atoms with E-state index >= 15 is 0 Å². The molecule has 3 aromatic carbocycles. The molecule has 0 atom stereocenters. The van der Waals surface area contributed by atoms with E-state index in [9.17, 15) is 9.59 Å². The average Bonchev–Trinajstić information content (AvgIpc) is 3.05.